The Morgan fingerprint density at radius 3 is 2.30 bits per heavy atom. The predicted molar refractivity (Wildman–Crippen MR) is 133 cm³/mol. The van der Waals surface area contributed by atoms with Crippen molar-refractivity contribution in [3.63, 3.8) is 0 Å². The van der Waals surface area contributed by atoms with E-state index < -0.39 is 16.1 Å². The minimum Gasteiger partial charge on any atom is -0.357 e. The smallest absolute Gasteiger partial charge is 0.242 e. The molecule has 33 heavy (non-hydrogen) atoms. The Kier molecular flexibility index (Phi) is 9.57. The monoisotopic (exact) mass is 513 g/mol. The Morgan fingerprint density at radius 2 is 1.73 bits per heavy atom. The van der Waals surface area contributed by atoms with Crippen LogP contribution in [0.2, 0.25) is 10.0 Å². The first-order valence-electron chi connectivity index (χ1n) is 10.4. The summed E-state index contributed by atoms with van der Waals surface area (Å²) in [7, 11) is -2.14. The van der Waals surface area contributed by atoms with E-state index in [1.807, 2.05) is 31.2 Å². The van der Waals surface area contributed by atoms with Gasteiger partial charge in [-0.1, -0.05) is 53.0 Å². The lowest BCUT2D eigenvalue weighted by Crippen LogP contribution is -2.46. The van der Waals surface area contributed by atoms with E-state index >= 15 is 0 Å². The van der Waals surface area contributed by atoms with Crippen LogP contribution in [-0.4, -0.2) is 51.0 Å². The number of sulfonamides is 1. The van der Waals surface area contributed by atoms with E-state index in [1.165, 1.54) is 24.1 Å². The molecule has 0 saturated heterocycles. The molecule has 0 bridgehead atoms. The summed E-state index contributed by atoms with van der Waals surface area (Å²) in [6, 6.07) is 11.6. The molecule has 7 nitrogen and oxygen atoms in total. The van der Waals surface area contributed by atoms with Crippen LogP contribution in [0, 0.1) is 6.92 Å². The fourth-order valence-corrected chi connectivity index (χ4v) is 4.75. The fraction of sp³-hybridized carbons (Fsp3) is 0.391. The van der Waals surface area contributed by atoms with Crippen LogP contribution in [0.4, 0.5) is 5.69 Å². The first-order chi connectivity index (χ1) is 15.4. The second-order valence-corrected chi connectivity index (χ2v) is 10.6. The molecule has 0 spiro atoms. The van der Waals surface area contributed by atoms with Gasteiger partial charge in [-0.05, 0) is 44.0 Å². The van der Waals surface area contributed by atoms with Gasteiger partial charge in [-0.2, -0.15) is 0 Å². The highest BCUT2D eigenvalue weighted by Gasteiger charge is 2.26. The number of benzene rings is 2. The van der Waals surface area contributed by atoms with Gasteiger partial charge >= 0.3 is 0 Å². The average molecular weight is 514 g/mol. The van der Waals surface area contributed by atoms with Crippen LogP contribution in [0.1, 0.15) is 30.9 Å². The van der Waals surface area contributed by atoms with Gasteiger partial charge in [0.1, 0.15) is 6.04 Å². The first-order valence-corrected chi connectivity index (χ1v) is 13.0. The van der Waals surface area contributed by atoms with Gasteiger partial charge in [0.15, 0.2) is 0 Å². The van der Waals surface area contributed by atoms with Crippen LogP contribution >= 0.6 is 23.2 Å². The number of halogens is 2. The SMILES string of the molecule is CNC(=O)[C@H](C)N(Cc1ccc(C)cc1)C(=O)CCCN(c1cc(Cl)ccc1Cl)S(C)(=O)=O. The molecule has 0 radical (unpaired) electrons. The zero-order valence-electron chi connectivity index (χ0n) is 19.1. The number of likely N-dealkylation sites (N-methyl/N-ethyl adjacent to an activating group) is 1. The molecule has 2 rings (SSSR count). The van der Waals surface area contributed by atoms with Gasteiger partial charge in [0, 0.05) is 31.6 Å². The molecule has 10 heteroatoms. The zero-order chi connectivity index (χ0) is 24.8. The number of amides is 2. The summed E-state index contributed by atoms with van der Waals surface area (Å²) in [5.74, 6) is -0.531. The van der Waals surface area contributed by atoms with Crippen molar-refractivity contribution < 1.29 is 18.0 Å². The van der Waals surface area contributed by atoms with E-state index in [9.17, 15) is 18.0 Å². The van der Waals surface area contributed by atoms with Crippen LogP contribution in [-0.2, 0) is 26.2 Å². The number of carbonyl (C=O) groups excluding carboxylic acids is 2. The fourth-order valence-electron chi connectivity index (χ4n) is 3.34. The van der Waals surface area contributed by atoms with Crippen LogP contribution in [0.15, 0.2) is 42.5 Å². The number of aryl methyl sites for hydroxylation is 1. The lowest BCUT2D eigenvalue weighted by Gasteiger charge is -2.29. The van der Waals surface area contributed by atoms with Gasteiger partial charge in [0.25, 0.3) is 0 Å². The van der Waals surface area contributed by atoms with E-state index in [4.69, 9.17) is 23.2 Å². The molecule has 0 unspecified atom stereocenters. The molecular weight excluding hydrogens is 485 g/mol. The third-order valence-electron chi connectivity index (χ3n) is 5.22. The van der Waals surface area contributed by atoms with E-state index in [0.29, 0.717) is 5.02 Å². The topological polar surface area (TPSA) is 86.8 Å². The highest BCUT2D eigenvalue weighted by atomic mass is 35.5. The third kappa shape index (κ3) is 7.62. The Labute approximate surface area is 205 Å². The minimum absolute atomic E-state index is 0.0391. The molecule has 0 saturated carbocycles. The average Bonchev–Trinajstić information content (AvgIpc) is 2.76. The zero-order valence-corrected chi connectivity index (χ0v) is 21.5. The van der Waals surface area contributed by atoms with Crippen LogP contribution in [0.25, 0.3) is 0 Å². The molecule has 180 valence electrons. The largest absolute Gasteiger partial charge is 0.357 e. The minimum atomic E-state index is -3.66. The van der Waals surface area contributed by atoms with Crippen LogP contribution in [0.5, 0.6) is 0 Å². The van der Waals surface area contributed by atoms with Crippen molar-refractivity contribution >= 4 is 50.7 Å². The number of nitrogens with one attached hydrogen (secondary N) is 1. The van der Waals surface area contributed by atoms with Crippen molar-refractivity contribution in [3.05, 3.63) is 63.6 Å². The second-order valence-electron chi connectivity index (χ2n) is 7.83. The lowest BCUT2D eigenvalue weighted by atomic mass is 10.1. The normalized spacial score (nSPS) is 12.2. The number of carbonyl (C=O) groups is 2. The standard InChI is InChI=1S/C23H29Cl2N3O4S/c1-16-7-9-18(10-8-16)15-27(17(2)23(30)26-3)22(29)6-5-13-28(33(4,31)32)21-14-19(24)11-12-20(21)25/h7-12,14,17H,5-6,13,15H2,1-4H3,(H,26,30)/t17-/m0/s1. The molecule has 1 N–H and O–H groups in total. The first kappa shape index (κ1) is 27.0. The van der Waals surface area contributed by atoms with Crippen molar-refractivity contribution in [1.29, 1.82) is 0 Å². The summed E-state index contributed by atoms with van der Waals surface area (Å²) in [5, 5.41) is 3.17. The van der Waals surface area contributed by atoms with Crippen molar-refractivity contribution in [2.75, 3.05) is 24.2 Å². The van der Waals surface area contributed by atoms with Crippen molar-refractivity contribution in [3.8, 4) is 0 Å². The number of hydrogen-bond acceptors (Lipinski definition) is 4. The van der Waals surface area contributed by atoms with E-state index in [-0.39, 0.29) is 48.5 Å². The van der Waals surface area contributed by atoms with E-state index in [0.717, 1.165) is 21.7 Å². The molecule has 2 aromatic carbocycles. The number of nitrogens with zero attached hydrogens (tertiary/aromatic N) is 2. The summed E-state index contributed by atoms with van der Waals surface area (Å²) in [6.45, 7) is 3.94. The summed E-state index contributed by atoms with van der Waals surface area (Å²) in [4.78, 5) is 26.8. The van der Waals surface area contributed by atoms with Crippen molar-refractivity contribution in [2.24, 2.45) is 0 Å². The molecule has 1 atom stereocenters. The highest BCUT2D eigenvalue weighted by molar-refractivity contribution is 7.92. The molecule has 0 aromatic heterocycles. The number of anilines is 1. The van der Waals surface area contributed by atoms with Crippen LogP contribution in [0.3, 0.4) is 0 Å². The van der Waals surface area contributed by atoms with E-state index in [1.54, 1.807) is 13.0 Å². The molecular formula is C23H29Cl2N3O4S. The summed E-state index contributed by atoms with van der Waals surface area (Å²) < 4.78 is 25.9. The Morgan fingerprint density at radius 1 is 1.09 bits per heavy atom. The Hall–Kier alpha value is -2.29. The molecule has 0 heterocycles. The van der Waals surface area contributed by atoms with Gasteiger partial charge in [-0.25, -0.2) is 8.42 Å². The van der Waals surface area contributed by atoms with Gasteiger partial charge in [-0.3, -0.25) is 13.9 Å². The molecule has 2 aromatic rings. The predicted octanol–water partition coefficient (Wildman–Crippen LogP) is 4.01. The highest BCUT2D eigenvalue weighted by Crippen LogP contribution is 2.31. The lowest BCUT2D eigenvalue weighted by molar-refractivity contribution is -0.140. The van der Waals surface area contributed by atoms with Gasteiger partial charge in [-0.15, -0.1) is 0 Å². The maximum Gasteiger partial charge on any atom is 0.242 e. The van der Waals surface area contributed by atoms with Crippen molar-refractivity contribution in [1.82, 2.24) is 10.2 Å². The molecule has 2 amide bonds. The Balaban J connectivity index is 2.17. The van der Waals surface area contributed by atoms with Gasteiger partial charge in [0.2, 0.25) is 21.8 Å². The third-order valence-corrected chi connectivity index (χ3v) is 6.95. The molecule has 0 aliphatic carbocycles. The molecule has 0 aliphatic rings. The maximum atomic E-state index is 13.1. The summed E-state index contributed by atoms with van der Waals surface area (Å²) >= 11 is 12.2. The molecule has 0 aliphatic heterocycles. The van der Waals surface area contributed by atoms with Gasteiger partial charge in [0.05, 0.1) is 17.0 Å². The number of rotatable bonds is 10. The second kappa shape index (κ2) is 11.7. The molecule has 0 fully saturated rings. The van der Waals surface area contributed by atoms with E-state index in [2.05, 4.69) is 5.32 Å². The maximum absolute atomic E-state index is 13.1. The summed E-state index contributed by atoms with van der Waals surface area (Å²) in [6.07, 6.45) is 1.36. The van der Waals surface area contributed by atoms with Crippen LogP contribution < -0.4 is 9.62 Å². The quantitative estimate of drug-likeness (QED) is 0.519. The summed E-state index contributed by atoms with van der Waals surface area (Å²) in [5.41, 5.74) is 2.25. The van der Waals surface area contributed by atoms with Gasteiger partial charge < -0.3 is 10.2 Å². The van der Waals surface area contributed by atoms with Crippen molar-refractivity contribution in [2.45, 2.75) is 39.3 Å². The Bertz CT molecular complexity index is 1090. The number of hydrogen-bond donors (Lipinski definition) is 1.